The minimum Gasteiger partial charge on any atom is -0.354 e. The largest absolute Gasteiger partial charge is 0.354 e. The lowest BCUT2D eigenvalue weighted by molar-refractivity contribution is 0.170. The molecule has 3 heteroatoms. The third-order valence-corrected chi connectivity index (χ3v) is 3.72. The van der Waals surface area contributed by atoms with Crippen molar-refractivity contribution in [1.29, 1.82) is 0 Å². The van der Waals surface area contributed by atoms with Gasteiger partial charge in [-0.3, -0.25) is 0 Å². The molecule has 0 amide bonds. The zero-order chi connectivity index (χ0) is 11.6. The van der Waals surface area contributed by atoms with Crippen molar-refractivity contribution in [1.82, 2.24) is 4.90 Å². The molecule has 0 radical (unpaired) electrons. The predicted molar refractivity (Wildman–Crippen MR) is 75.0 cm³/mol. The molecule has 0 aromatic carbocycles. The fourth-order valence-corrected chi connectivity index (χ4v) is 3.04. The number of hydrogen-bond donors (Lipinski definition) is 1. The van der Waals surface area contributed by atoms with Crippen LogP contribution in [0.2, 0.25) is 0 Å². The molecule has 2 nitrogen and oxygen atoms in total. The molecule has 0 bridgehead atoms. The SMILES string of the molecule is CC1=C(CCCCN)N(C(C)(C)I)C1C. The first-order chi connectivity index (χ1) is 6.89. The van der Waals surface area contributed by atoms with Gasteiger partial charge in [-0.2, -0.15) is 0 Å². The minimum absolute atomic E-state index is 0.231. The molecule has 0 aromatic heterocycles. The molecule has 1 rings (SSSR count). The summed E-state index contributed by atoms with van der Waals surface area (Å²) < 4.78 is 0.231. The molecule has 0 fully saturated rings. The van der Waals surface area contributed by atoms with Crippen LogP contribution in [0, 0.1) is 0 Å². The van der Waals surface area contributed by atoms with Gasteiger partial charge >= 0.3 is 0 Å². The molecule has 0 saturated carbocycles. The Kier molecular flexibility index (Phi) is 4.47. The van der Waals surface area contributed by atoms with Crippen molar-refractivity contribution in [3.63, 3.8) is 0 Å². The van der Waals surface area contributed by atoms with Gasteiger partial charge in [-0.25, -0.2) is 0 Å². The molecule has 1 unspecified atom stereocenters. The van der Waals surface area contributed by atoms with E-state index in [1.807, 2.05) is 0 Å². The standard InChI is InChI=1S/C12H23IN2/c1-9-10(2)15(12(3,4)13)11(9)7-5-6-8-14/h10H,5-8,14H2,1-4H3. The molecular weight excluding hydrogens is 299 g/mol. The topological polar surface area (TPSA) is 29.3 Å². The summed E-state index contributed by atoms with van der Waals surface area (Å²) in [5.41, 5.74) is 8.64. The molecule has 1 aliphatic rings. The van der Waals surface area contributed by atoms with Crippen LogP contribution in [0.25, 0.3) is 0 Å². The van der Waals surface area contributed by atoms with Crippen LogP contribution < -0.4 is 5.73 Å². The Bertz CT molecular complexity index is 253. The number of unbranched alkanes of at least 4 members (excludes halogenated alkanes) is 1. The molecule has 15 heavy (non-hydrogen) atoms. The third-order valence-electron chi connectivity index (χ3n) is 3.20. The molecule has 0 aliphatic carbocycles. The van der Waals surface area contributed by atoms with Crippen molar-refractivity contribution in [2.24, 2.45) is 5.73 Å². The molecule has 88 valence electrons. The van der Waals surface area contributed by atoms with E-state index in [-0.39, 0.29) is 3.55 Å². The zero-order valence-electron chi connectivity index (χ0n) is 10.3. The van der Waals surface area contributed by atoms with Gasteiger partial charge in [-0.05, 0) is 59.1 Å². The van der Waals surface area contributed by atoms with E-state index < -0.39 is 0 Å². The average Bonchev–Trinajstić information content (AvgIpc) is 2.13. The molecule has 0 saturated heterocycles. The summed E-state index contributed by atoms with van der Waals surface area (Å²) in [6.45, 7) is 9.93. The first-order valence-corrected chi connectivity index (χ1v) is 6.85. The van der Waals surface area contributed by atoms with Gasteiger partial charge in [0.2, 0.25) is 0 Å². The highest BCUT2D eigenvalue weighted by Gasteiger charge is 2.38. The van der Waals surface area contributed by atoms with Gasteiger partial charge in [0.1, 0.15) is 0 Å². The number of nitrogens with zero attached hydrogens (tertiary/aromatic N) is 1. The monoisotopic (exact) mass is 322 g/mol. The second-order valence-electron chi connectivity index (χ2n) is 4.83. The average molecular weight is 322 g/mol. The number of allylic oxidation sites excluding steroid dienone is 1. The molecule has 0 spiro atoms. The molecule has 1 atom stereocenters. The Morgan fingerprint density at radius 3 is 2.47 bits per heavy atom. The van der Waals surface area contributed by atoms with Crippen LogP contribution in [0.15, 0.2) is 11.3 Å². The molecular formula is C12H23IN2. The van der Waals surface area contributed by atoms with Crippen LogP contribution in [0.3, 0.4) is 0 Å². The molecule has 2 N–H and O–H groups in total. The van der Waals surface area contributed by atoms with E-state index in [9.17, 15) is 0 Å². The quantitative estimate of drug-likeness (QED) is 0.364. The van der Waals surface area contributed by atoms with Crippen molar-refractivity contribution < 1.29 is 0 Å². The summed E-state index contributed by atoms with van der Waals surface area (Å²) in [5.74, 6) is 0. The summed E-state index contributed by atoms with van der Waals surface area (Å²) in [6.07, 6.45) is 3.56. The van der Waals surface area contributed by atoms with E-state index in [0.29, 0.717) is 6.04 Å². The third kappa shape index (κ3) is 2.87. The van der Waals surface area contributed by atoms with Gasteiger partial charge in [0, 0.05) is 5.70 Å². The Morgan fingerprint density at radius 1 is 1.40 bits per heavy atom. The highest BCUT2D eigenvalue weighted by molar-refractivity contribution is 14.1. The maximum atomic E-state index is 5.53. The van der Waals surface area contributed by atoms with Crippen molar-refractivity contribution in [2.75, 3.05) is 6.54 Å². The van der Waals surface area contributed by atoms with Crippen molar-refractivity contribution in [2.45, 2.75) is 56.5 Å². The second kappa shape index (κ2) is 5.04. The van der Waals surface area contributed by atoms with E-state index in [2.05, 4.69) is 55.2 Å². The smallest absolute Gasteiger partial charge is 0.0864 e. The first kappa shape index (κ1) is 13.3. The summed E-state index contributed by atoms with van der Waals surface area (Å²) in [5, 5.41) is 0. The van der Waals surface area contributed by atoms with Gasteiger partial charge in [0.05, 0.1) is 9.59 Å². The molecule has 0 aromatic rings. The summed E-state index contributed by atoms with van der Waals surface area (Å²) in [7, 11) is 0. The number of rotatable bonds is 5. The lowest BCUT2D eigenvalue weighted by atomic mass is 9.91. The van der Waals surface area contributed by atoms with Crippen LogP contribution in [0.5, 0.6) is 0 Å². The van der Waals surface area contributed by atoms with Crippen molar-refractivity contribution >= 4 is 22.6 Å². The summed E-state index contributed by atoms with van der Waals surface area (Å²) in [6, 6.07) is 0.616. The highest BCUT2D eigenvalue weighted by Crippen LogP contribution is 2.42. The van der Waals surface area contributed by atoms with Crippen LogP contribution in [-0.4, -0.2) is 21.0 Å². The van der Waals surface area contributed by atoms with Gasteiger partial charge in [-0.1, -0.05) is 22.6 Å². The Hall–Kier alpha value is 0.230. The normalized spacial score (nSPS) is 22.0. The fraction of sp³-hybridized carbons (Fsp3) is 0.833. The maximum Gasteiger partial charge on any atom is 0.0864 e. The van der Waals surface area contributed by atoms with Gasteiger partial charge in [0.15, 0.2) is 0 Å². The van der Waals surface area contributed by atoms with Crippen molar-refractivity contribution in [3.05, 3.63) is 11.3 Å². The van der Waals surface area contributed by atoms with Crippen LogP contribution in [0.1, 0.15) is 47.0 Å². The Morgan fingerprint density at radius 2 is 2.00 bits per heavy atom. The number of nitrogens with two attached hydrogens (primary N) is 1. The van der Waals surface area contributed by atoms with E-state index in [1.54, 1.807) is 11.3 Å². The Balaban J connectivity index is 2.61. The van der Waals surface area contributed by atoms with Gasteiger partial charge in [0.25, 0.3) is 0 Å². The predicted octanol–water partition coefficient (Wildman–Crippen LogP) is 3.26. The van der Waals surface area contributed by atoms with Gasteiger partial charge < -0.3 is 10.6 Å². The maximum absolute atomic E-state index is 5.53. The van der Waals surface area contributed by atoms with E-state index in [0.717, 1.165) is 13.0 Å². The van der Waals surface area contributed by atoms with Crippen molar-refractivity contribution in [3.8, 4) is 0 Å². The van der Waals surface area contributed by atoms with E-state index >= 15 is 0 Å². The lowest BCUT2D eigenvalue weighted by Crippen LogP contribution is -2.52. The number of alkyl halides is 1. The first-order valence-electron chi connectivity index (χ1n) is 5.77. The Labute approximate surface area is 107 Å². The number of halogens is 1. The second-order valence-corrected chi connectivity index (χ2v) is 7.47. The summed E-state index contributed by atoms with van der Waals surface area (Å²) in [4.78, 5) is 2.54. The van der Waals surface area contributed by atoms with Crippen LogP contribution in [0.4, 0.5) is 0 Å². The fourth-order valence-electron chi connectivity index (χ4n) is 2.33. The van der Waals surface area contributed by atoms with Gasteiger partial charge in [-0.15, -0.1) is 0 Å². The summed E-state index contributed by atoms with van der Waals surface area (Å²) >= 11 is 2.52. The molecule has 1 aliphatic heterocycles. The van der Waals surface area contributed by atoms with E-state index in [1.165, 1.54) is 12.8 Å². The van der Waals surface area contributed by atoms with Crippen LogP contribution >= 0.6 is 22.6 Å². The minimum atomic E-state index is 0.231. The van der Waals surface area contributed by atoms with E-state index in [4.69, 9.17) is 5.73 Å². The molecule has 1 heterocycles. The number of hydrogen-bond acceptors (Lipinski definition) is 2. The lowest BCUT2D eigenvalue weighted by Gasteiger charge is -2.51. The van der Waals surface area contributed by atoms with Crippen LogP contribution in [-0.2, 0) is 0 Å². The highest BCUT2D eigenvalue weighted by atomic mass is 127. The zero-order valence-corrected chi connectivity index (χ0v) is 12.5.